The number of ether oxygens (including phenoxy) is 1. The van der Waals surface area contributed by atoms with E-state index in [2.05, 4.69) is 15.4 Å². The Morgan fingerprint density at radius 3 is 2.32 bits per heavy atom. The van der Waals surface area contributed by atoms with E-state index in [4.69, 9.17) is 11.6 Å². The van der Waals surface area contributed by atoms with Gasteiger partial charge in [-0.05, 0) is 30.0 Å². The van der Waals surface area contributed by atoms with Crippen LogP contribution in [0.1, 0.15) is 44.5 Å². The summed E-state index contributed by atoms with van der Waals surface area (Å²) in [6.45, 7) is 7.57. The highest BCUT2D eigenvalue weighted by molar-refractivity contribution is 6.33. The van der Waals surface area contributed by atoms with E-state index >= 15 is 0 Å². The van der Waals surface area contributed by atoms with Gasteiger partial charge in [0.2, 0.25) is 11.8 Å². The van der Waals surface area contributed by atoms with Crippen molar-refractivity contribution in [3.05, 3.63) is 28.8 Å². The monoisotopic (exact) mass is 368 g/mol. The summed E-state index contributed by atoms with van der Waals surface area (Å²) in [5.74, 6) is -1.01. The molecule has 0 fully saturated rings. The number of nitrogens with one attached hydrogen (secondary N) is 2. The second-order valence-corrected chi connectivity index (χ2v) is 6.97. The van der Waals surface area contributed by atoms with Gasteiger partial charge in [-0.25, -0.2) is 4.79 Å². The first-order chi connectivity index (χ1) is 11.6. The molecule has 0 aliphatic heterocycles. The van der Waals surface area contributed by atoms with Crippen molar-refractivity contribution in [1.29, 1.82) is 0 Å². The normalized spacial score (nSPS) is 12.0. The number of carbonyl (C=O) groups is 3. The van der Waals surface area contributed by atoms with Crippen LogP contribution < -0.4 is 10.6 Å². The van der Waals surface area contributed by atoms with Crippen LogP contribution in [0.3, 0.4) is 0 Å². The number of rotatable bonds is 7. The molecular formula is C18H25ClN2O4. The number of hydrogen-bond donors (Lipinski definition) is 2. The van der Waals surface area contributed by atoms with Gasteiger partial charge in [0.15, 0.2) is 0 Å². The fourth-order valence-corrected chi connectivity index (χ4v) is 2.42. The zero-order chi connectivity index (χ0) is 19.1. The van der Waals surface area contributed by atoms with Crippen molar-refractivity contribution in [1.82, 2.24) is 5.32 Å². The lowest BCUT2D eigenvalue weighted by Gasteiger charge is -2.22. The van der Waals surface area contributed by atoms with Gasteiger partial charge in [-0.3, -0.25) is 9.59 Å². The largest absolute Gasteiger partial charge is 0.465 e. The van der Waals surface area contributed by atoms with E-state index in [1.807, 2.05) is 27.7 Å². The molecular weight excluding hydrogens is 344 g/mol. The van der Waals surface area contributed by atoms with Crippen molar-refractivity contribution in [2.75, 3.05) is 12.4 Å². The first kappa shape index (κ1) is 21.0. The minimum Gasteiger partial charge on any atom is -0.465 e. The second-order valence-electron chi connectivity index (χ2n) is 6.56. The van der Waals surface area contributed by atoms with Crippen LogP contribution in [-0.4, -0.2) is 30.9 Å². The second kappa shape index (κ2) is 9.42. The molecule has 0 aromatic heterocycles. The summed E-state index contributed by atoms with van der Waals surface area (Å²) in [5.41, 5.74) is 0.561. The predicted molar refractivity (Wildman–Crippen MR) is 97.6 cm³/mol. The number of anilines is 1. The van der Waals surface area contributed by atoms with Crippen molar-refractivity contribution in [3.8, 4) is 0 Å². The van der Waals surface area contributed by atoms with Crippen molar-refractivity contribution in [3.63, 3.8) is 0 Å². The molecule has 0 radical (unpaired) electrons. The molecule has 25 heavy (non-hydrogen) atoms. The summed E-state index contributed by atoms with van der Waals surface area (Å²) >= 11 is 5.97. The summed E-state index contributed by atoms with van der Waals surface area (Å²) < 4.78 is 4.66. The Morgan fingerprint density at radius 1 is 1.16 bits per heavy atom. The number of hydrogen-bond acceptors (Lipinski definition) is 4. The van der Waals surface area contributed by atoms with Crippen LogP contribution in [-0.2, 0) is 14.3 Å². The van der Waals surface area contributed by atoms with E-state index in [1.54, 1.807) is 6.07 Å². The molecule has 138 valence electrons. The minimum absolute atomic E-state index is 0.0940. The van der Waals surface area contributed by atoms with Crippen molar-refractivity contribution < 1.29 is 19.1 Å². The van der Waals surface area contributed by atoms with Gasteiger partial charge in [-0.15, -0.1) is 0 Å². The van der Waals surface area contributed by atoms with Gasteiger partial charge in [0.25, 0.3) is 0 Å². The third-order valence-electron chi connectivity index (χ3n) is 3.50. The number of benzene rings is 1. The van der Waals surface area contributed by atoms with E-state index < -0.39 is 12.0 Å². The molecule has 6 nitrogen and oxygen atoms in total. The van der Waals surface area contributed by atoms with Gasteiger partial charge in [0.05, 0.1) is 17.7 Å². The van der Waals surface area contributed by atoms with Crippen LogP contribution in [0, 0.1) is 11.8 Å². The van der Waals surface area contributed by atoms with Gasteiger partial charge in [-0.1, -0.05) is 39.3 Å². The molecule has 1 unspecified atom stereocenters. The molecule has 0 saturated heterocycles. The van der Waals surface area contributed by atoms with E-state index in [9.17, 15) is 14.4 Å². The lowest BCUT2D eigenvalue weighted by atomic mass is 10.0. The van der Waals surface area contributed by atoms with E-state index in [0.717, 1.165) is 0 Å². The lowest BCUT2D eigenvalue weighted by molar-refractivity contribution is -0.127. The van der Waals surface area contributed by atoms with Crippen LogP contribution in [0.15, 0.2) is 18.2 Å². The lowest BCUT2D eigenvalue weighted by Crippen LogP contribution is -2.47. The topological polar surface area (TPSA) is 84.5 Å². The van der Waals surface area contributed by atoms with Gasteiger partial charge >= 0.3 is 5.97 Å². The van der Waals surface area contributed by atoms with Gasteiger partial charge < -0.3 is 15.4 Å². The quantitative estimate of drug-likeness (QED) is 0.723. The van der Waals surface area contributed by atoms with E-state index in [-0.39, 0.29) is 34.2 Å². The van der Waals surface area contributed by atoms with Crippen LogP contribution in [0.2, 0.25) is 5.02 Å². The fraction of sp³-hybridized carbons (Fsp3) is 0.500. The molecule has 7 heteroatoms. The minimum atomic E-state index is -0.677. The highest BCUT2D eigenvalue weighted by atomic mass is 35.5. The molecule has 2 N–H and O–H groups in total. The maximum Gasteiger partial charge on any atom is 0.339 e. The molecule has 0 bridgehead atoms. The highest BCUT2D eigenvalue weighted by Gasteiger charge is 2.25. The summed E-state index contributed by atoms with van der Waals surface area (Å²) in [7, 11) is 1.25. The smallest absolute Gasteiger partial charge is 0.339 e. The fourth-order valence-electron chi connectivity index (χ4n) is 2.23. The number of carbonyl (C=O) groups excluding carboxylic acids is 3. The summed E-state index contributed by atoms with van der Waals surface area (Å²) in [5, 5.41) is 5.70. The maximum atomic E-state index is 12.5. The molecule has 1 aromatic rings. The Kier molecular flexibility index (Phi) is 7.90. The van der Waals surface area contributed by atoms with Crippen molar-refractivity contribution in [2.45, 2.75) is 40.2 Å². The average molecular weight is 369 g/mol. The number of amides is 2. The number of methoxy groups -OCH3 is 1. The molecule has 1 atom stereocenters. The molecule has 0 aliphatic carbocycles. The van der Waals surface area contributed by atoms with Gasteiger partial charge in [0, 0.05) is 12.1 Å². The Hall–Kier alpha value is -2.08. The highest BCUT2D eigenvalue weighted by Crippen LogP contribution is 2.22. The summed E-state index contributed by atoms with van der Waals surface area (Å²) in [6.07, 6.45) is 0.351. The predicted octanol–water partition coefficient (Wildman–Crippen LogP) is 3.25. The van der Waals surface area contributed by atoms with Gasteiger partial charge in [-0.2, -0.15) is 0 Å². The average Bonchev–Trinajstić information content (AvgIpc) is 2.52. The SMILES string of the molecule is COC(=O)c1cc(NC(=O)C(NC(=O)CC(C)C)C(C)C)ccc1Cl. The third-order valence-corrected chi connectivity index (χ3v) is 3.83. The molecule has 0 heterocycles. The van der Waals surface area contributed by atoms with Crippen LogP contribution >= 0.6 is 11.6 Å². The maximum absolute atomic E-state index is 12.5. The van der Waals surface area contributed by atoms with Crippen molar-refractivity contribution >= 4 is 35.1 Å². The zero-order valence-corrected chi connectivity index (χ0v) is 15.9. The molecule has 0 spiro atoms. The van der Waals surface area contributed by atoms with Crippen LogP contribution in [0.25, 0.3) is 0 Å². The number of esters is 1. The van der Waals surface area contributed by atoms with Gasteiger partial charge in [0.1, 0.15) is 6.04 Å². The standard InChI is InChI=1S/C18H25ClN2O4/c1-10(2)8-15(22)21-16(11(3)4)17(23)20-12-6-7-14(19)13(9-12)18(24)25-5/h6-7,9-11,16H,8H2,1-5H3,(H,20,23)(H,21,22). The Morgan fingerprint density at radius 2 is 1.80 bits per heavy atom. The molecule has 2 amide bonds. The molecule has 0 saturated carbocycles. The first-order valence-corrected chi connectivity index (χ1v) is 8.51. The Bertz CT molecular complexity index is 644. The van der Waals surface area contributed by atoms with E-state index in [1.165, 1.54) is 19.2 Å². The number of halogens is 1. The Balaban J connectivity index is 2.90. The van der Waals surface area contributed by atoms with Crippen LogP contribution in [0.5, 0.6) is 0 Å². The Labute approximate surface area is 153 Å². The third kappa shape index (κ3) is 6.38. The molecule has 1 aromatic carbocycles. The molecule has 1 rings (SSSR count). The van der Waals surface area contributed by atoms with Crippen molar-refractivity contribution in [2.24, 2.45) is 11.8 Å². The molecule has 0 aliphatic rings. The summed E-state index contributed by atoms with van der Waals surface area (Å²) in [4.78, 5) is 36.2. The zero-order valence-electron chi connectivity index (χ0n) is 15.2. The van der Waals surface area contributed by atoms with Crippen LogP contribution in [0.4, 0.5) is 5.69 Å². The summed E-state index contributed by atoms with van der Waals surface area (Å²) in [6, 6.07) is 3.85. The first-order valence-electron chi connectivity index (χ1n) is 8.13. The van der Waals surface area contributed by atoms with E-state index in [0.29, 0.717) is 12.1 Å².